The molecule has 0 aromatic heterocycles. The van der Waals surface area contributed by atoms with Crippen molar-refractivity contribution in [2.75, 3.05) is 13.2 Å². The fourth-order valence-corrected chi connectivity index (χ4v) is 2.25. The van der Waals surface area contributed by atoms with Crippen LogP contribution in [-0.4, -0.2) is 25.2 Å². The lowest BCUT2D eigenvalue weighted by molar-refractivity contribution is -0.155. The van der Waals surface area contributed by atoms with E-state index in [1.54, 1.807) is 0 Å². The maximum absolute atomic E-state index is 11.8. The highest BCUT2D eigenvalue weighted by Gasteiger charge is 2.31. The van der Waals surface area contributed by atoms with Gasteiger partial charge in [0.05, 0.1) is 25.0 Å². The summed E-state index contributed by atoms with van der Waals surface area (Å²) in [6, 6.07) is 0. The normalized spacial score (nSPS) is 23.2. The molecule has 1 fully saturated rings. The van der Waals surface area contributed by atoms with Crippen LogP contribution < -0.4 is 0 Å². The number of esters is 2. The van der Waals surface area contributed by atoms with Gasteiger partial charge in [-0.25, -0.2) is 0 Å². The van der Waals surface area contributed by atoms with Crippen molar-refractivity contribution < 1.29 is 19.1 Å². The van der Waals surface area contributed by atoms with Gasteiger partial charge >= 0.3 is 11.9 Å². The number of rotatable bonds is 6. The first-order chi connectivity index (χ1) is 9.04. The van der Waals surface area contributed by atoms with E-state index < -0.39 is 0 Å². The number of hydrogen-bond acceptors (Lipinski definition) is 4. The van der Waals surface area contributed by atoms with Crippen molar-refractivity contribution in [3.05, 3.63) is 0 Å². The van der Waals surface area contributed by atoms with Gasteiger partial charge < -0.3 is 9.47 Å². The van der Waals surface area contributed by atoms with Gasteiger partial charge in [0.2, 0.25) is 0 Å². The Balaban J connectivity index is 2.28. The molecular weight excluding hydrogens is 244 g/mol. The average molecular weight is 270 g/mol. The summed E-state index contributed by atoms with van der Waals surface area (Å²) in [7, 11) is 0. The summed E-state index contributed by atoms with van der Waals surface area (Å²) in [6.07, 6.45) is 3.81. The van der Waals surface area contributed by atoms with Gasteiger partial charge in [-0.3, -0.25) is 9.59 Å². The molecule has 0 unspecified atom stereocenters. The van der Waals surface area contributed by atoms with Crippen molar-refractivity contribution in [2.45, 2.75) is 52.9 Å². The molecule has 0 spiro atoms. The lowest BCUT2D eigenvalue weighted by Crippen LogP contribution is -2.29. The van der Waals surface area contributed by atoms with Crippen molar-refractivity contribution in [1.82, 2.24) is 0 Å². The molecule has 0 atom stereocenters. The first kappa shape index (κ1) is 16.0. The smallest absolute Gasteiger partial charge is 0.308 e. The van der Waals surface area contributed by atoms with Crippen LogP contribution in [0.1, 0.15) is 52.9 Å². The molecule has 0 N–H and O–H groups in total. The van der Waals surface area contributed by atoms with Gasteiger partial charge in [-0.05, 0) is 38.0 Å². The highest BCUT2D eigenvalue weighted by Crippen LogP contribution is 2.30. The molecule has 1 saturated carbocycles. The van der Waals surface area contributed by atoms with E-state index in [0.29, 0.717) is 19.1 Å². The highest BCUT2D eigenvalue weighted by molar-refractivity contribution is 5.75. The molecule has 0 radical (unpaired) electrons. The van der Waals surface area contributed by atoms with E-state index >= 15 is 0 Å². The highest BCUT2D eigenvalue weighted by atomic mass is 16.5. The largest absolute Gasteiger partial charge is 0.465 e. The van der Waals surface area contributed by atoms with Crippen molar-refractivity contribution >= 4 is 11.9 Å². The third kappa shape index (κ3) is 5.62. The van der Waals surface area contributed by atoms with E-state index in [1.165, 1.54) is 0 Å². The van der Waals surface area contributed by atoms with Crippen LogP contribution in [0.2, 0.25) is 0 Å². The van der Waals surface area contributed by atoms with E-state index in [4.69, 9.17) is 9.47 Å². The molecule has 0 bridgehead atoms. The Bertz CT molecular complexity index is 291. The van der Waals surface area contributed by atoms with Crippen molar-refractivity contribution in [3.63, 3.8) is 0 Å². The summed E-state index contributed by atoms with van der Waals surface area (Å²) in [6.45, 7) is 7.00. The first-order valence-corrected chi connectivity index (χ1v) is 7.37. The summed E-state index contributed by atoms with van der Waals surface area (Å²) in [5.74, 6) is 0.101. The van der Waals surface area contributed by atoms with Crippen molar-refractivity contribution in [1.29, 1.82) is 0 Å². The third-order valence-electron chi connectivity index (χ3n) is 3.40. The molecule has 19 heavy (non-hydrogen) atoms. The molecular formula is C15H26O4. The fourth-order valence-electron chi connectivity index (χ4n) is 2.25. The van der Waals surface area contributed by atoms with E-state index in [-0.39, 0.29) is 23.8 Å². The van der Waals surface area contributed by atoms with Gasteiger partial charge in [-0.2, -0.15) is 0 Å². The van der Waals surface area contributed by atoms with Gasteiger partial charge in [0.25, 0.3) is 0 Å². The van der Waals surface area contributed by atoms with Crippen LogP contribution in [0.25, 0.3) is 0 Å². The second-order valence-electron chi connectivity index (χ2n) is 5.74. The van der Waals surface area contributed by atoms with E-state index in [2.05, 4.69) is 0 Å². The Labute approximate surface area is 115 Å². The quantitative estimate of drug-likeness (QED) is 0.696. The molecule has 0 aliphatic heterocycles. The standard InChI is InChI=1S/C15H26O4/c1-4-9-18-14(16)12-5-7-13(8-6-12)15(17)19-10-11(2)3/h11-13H,4-10H2,1-3H3. The second kappa shape index (κ2) is 8.18. The Kier molecular flexibility index (Phi) is 6.89. The van der Waals surface area contributed by atoms with Gasteiger partial charge in [-0.1, -0.05) is 20.8 Å². The summed E-state index contributed by atoms with van der Waals surface area (Å²) in [4.78, 5) is 23.5. The summed E-state index contributed by atoms with van der Waals surface area (Å²) < 4.78 is 10.4. The van der Waals surface area contributed by atoms with Crippen LogP contribution in [-0.2, 0) is 19.1 Å². The molecule has 0 amide bonds. The first-order valence-electron chi connectivity index (χ1n) is 7.37. The van der Waals surface area contributed by atoms with Crippen molar-refractivity contribution in [2.24, 2.45) is 17.8 Å². The molecule has 0 aromatic carbocycles. The number of hydrogen-bond donors (Lipinski definition) is 0. The number of carbonyl (C=O) groups is 2. The minimum absolute atomic E-state index is 0.0271. The average Bonchev–Trinajstić information content (AvgIpc) is 2.42. The lowest BCUT2D eigenvalue weighted by Gasteiger charge is -2.26. The summed E-state index contributed by atoms with van der Waals surface area (Å²) in [5, 5.41) is 0. The summed E-state index contributed by atoms with van der Waals surface area (Å²) in [5.41, 5.74) is 0. The Hall–Kier alpha value is -1.06. The molecule has 0 saturated heterocycles. The molecule has 4 nitrogen and oxygen atoms in total. The topological polar surface area (TPSA) is 52.6 Å². The lowest BCUT2D eigenvalue weighted by atomic mass is 9.82. The molecule has 1 aliphatic carbocycles. The van der Waals surface area contributed by atoms with Crippen LogP contribution in [0.4, 0.5) is 0 Å². The minimum Gasteiger partial charge on any atom is -0.465 e. The van der Waals surface area contributed by atoms with E-state index in [0.717, 1.165) is 32.1 Å². The monoisotopic (exact) mass is 270 g/mol. The van der Waals surface area contributed by atoms with E-state index in [1.807, 2.05) is 20.8 Å². The molecule has 1 aliphatic rings. The maximum Gasteiger partial charge on any atom is 0.308 e. The SMILES string of the molecule is CCCOC(=O)C1CCC(C(=O)OCC(C)C)CC1. The zero-order valence-electron chi connectivity index (χ0n) is 12.3. The minimum atomic E-state index is -0.103. The predicted octanol–water partition coefficient (Wildman–Crippen LogP) is 2.95. The number of ether oxygens (including phenoxy) is 2. The zero-order valence-corrected chi connectivity index (χ0v) is 12.3. The van der Waals surface area contributed by atoms with Gasteiger partial charge in [0.15, 0.2) is 0 Å². The Morgan fingerprint density at radius 3 is 1.89 bits per heavy atom. The molecule has 0 aromatic rings. The fraction of sp³-hybridized carbons (Fsp3) is 0.867. The Morgan fingerprint density at radius 1 is 1.00 bits per heavy atom. The Morgan fingerprint density at radius 2 is 1.47 bits per heavy atom. The van der Waals surface area contributed by atoms with Crippen LogP contribution in [0.3, 0.4) is 0 Å². The zero-order chi connectivity index (χ0) is 14.3. The third-order valence-corrected chi connectivity index (χ3v) is 3.40. The van der Waals surface area contributed by atoms with Crippen LogP contribution in [0.15, 0.2) is 0 Å². The second-order valence-corrected chi connectivity index (χ2v) is 5.74. The van der Waals surface area contributed by atoms with Crippen LogP contribution >= 0.6 is 0 Å². The maximum atomic E-state index is 11.8. The van der Waals surface area contributed by atoms with Gasteiger partial charge in [0, 0.05) is 0 Å². The van der Waals surface area contributed by atoms with Crippen LogP contribution in [0, 0.1) is 17.8 Å². The number of carbonyl (C=O) groups excluding carboxylic acids is 2. The van der Waals surface area contributed by atoms with Gasteiger partial charge in [0.1, 0.15) is 0 Å². The molecule has 0 heterocycles. The molecule has 1 rings (SSSR count). The summed E-state index contributed by atoms with van der Waals surface area (Å²) >= 11 is 0. The molecule has 110 valence electrons. The molecule has 4 heteroatoms. The predicted molar refractivity (Wildman–Crippen MR) is 72.5 cm³/mol. The van der Waals surface area contributed by atoms with E-state index in [9.17, 15) is 9.59 Å². The van der Waals surface area contributed by atoms with Crippen LogP contribution in [0.5, 0.6) is 0 Å². The van der Waals surface area contributed by atoms with Gasteiger partial charge in [-0.15, -0.1) is 0 Å². The van der Waals surface area contributed by atoms with Crippen molar-refractivity contribution in [3.8, 4) is 0 Å².